The third-order valence-electron chi connectivity index (χ3n) is 2.92. The zero-order valence-corrected chi connectivity index (χ0v) is 10.7. The van der Waals surface area contributed by atoms with Crippen LogP contribution in [0.15, 0.2) is 33.2 Å². The van der Waals surface area contributed by atoms with Gasteiger partial charge >= 0.3 is 0 Å². The van der Waals surface area contributed by atoms with Crippen LogP contribution in [0.4, 0.5) is 0 Å². The van der Waals surface area contributed by atoms with E-state index in [-0.39, 0.29) is 11.7 Å². The minimum atomic E-state index is -0.140. The SMILES string of the molecule is O=C1CC=CC2=C1SCC1=C(NC2=O)SCC1. The lowest BCUT2D eigenvalue weighted by Gasteiger charge is -2.18. The number of Topliss-reactive ketones (excluding diaryl/α,β-unsaturated/α-hetero) is 1. The van der Waals surface area contributed by atoms with Crippen LogP contribution in [0, 0.1) is 0 Å². The minimum Gasteiger partial charge on any atom is -0.317 e. The predicted octanol–water partition coefficient (Wildman–Crippen LogP) is 1.98. The molecule has 5 heteroatoms. The Kier molecular flexibility index (Phi) is 2.88. The molecule has 2 aliphatic heterocycles. The van der Waals surface area contributed by atoms with Crippen LogP contribution in [0.1, 0.15) is 12.8 Å². The summed E-state index contributed by atoms with van der Waals surface area (Å²) in [7, 11) is 0. The number of thioether (sulfide) groups is 2. The Bertz CT molecular complexity index is 503. The summed E-state index contributed by atoms with van der Waals surface area (Å²) in [6.45, 7) is 0. The molecule has 0 unspecified atom stereocenters. The van der Waals surface area contributed by atoms with Crippen LogP contribution < -0.4 is 5.32 Å². The molecule has 1 N–H and O–H groups in total. The first-order chi connectivity index (χ1) is 8.25. The van der Waals surface area contributed by atoms with Crippen LogP contribution in [0.2, 0.25) is 0 Å². The third-order valence-corrected chi connectivity index (χ3v) is 5.24. The highest BCUT2D eigenvalue weighted by Gasteiger charge is 2.27. The van der Waals surface area contributed by atoms with Crippen LogP contribution in [0.3, 0.4) is 0 Å². The van der Waals surface area contributed by atoms with Gasteiger partial charge in [-0.05, 0) is 12.0 Å². The second kappa shape index (κ2) is 4.38. The summed E-state index contributed by atoms with van der Waals surface area (Å²) < 4.78 is 0. The van der Waals surface area contributed by atoms with E-state index < -0.39 is 0 Å². The van der Waals surface area contributed by atoms with E-state index in [4.69, 9.17) is 0 Å². The van der Waals surface area contributed by atoms with Gasteiger partial charge in [-0.25, -0.2) is 0 Å². The van der Waals surface area contributed by atoms with Crippen LogP contribution in [-0.2, 0) is 9.59 Å². The van der Waals surface area contributed by atoms with E-state index in [0.717, 1.165) is 23.0 Å². The quantitative estimate of drug-likeness (QED) is 0.727. The van der Waals surface area contributed by atoms with E-state index in [2.05, 4.69) is 5.32 Å². The molecule has 0 fully saturated rings. The maximum Gasteiger partial charge on any atom is 0.257 e. The number of allylic oxidation sites excluding steroid dienone is 2. The highest BCUT2D eigenvalue weighted by molar-refractivity contribution is 8.05. The standard InChI is InChI=1S/C12H11NO2S2/c14-9-3-1-2-8-10(9)17-6-7-4-5-16-12(7)13-11(8)15/h1-2H,3-6H2,(H,13,15). The summed E-state index contributed by atoms with van der Waals surface area (Å²) in [6.07, 6.45) is 4.96. The summed E-state index contributed by atoms with van der Waals surface area (Å²) >= 11 is 3.21. The fourth-order valence-corrected chi connectivity index (χ4v) is 4.38. The molecule has 0 aromatic heterocycles. The van der Waals surface area contributed by atoms with Gasteiger partial charge in [0.05, 0.1) is 15.5 Å². The zero-order valence-electron chi connectivity index (χ0n) is 9.12. The fourth-order valence-electron chi connectivity index (χ4n) is 2.02. The number of hydrogen-bond donors (Lipinski definition) is 1. The highest BCUT2D eigenvalue weighted by atomic mass is 32.2. The lowest BCUT2D eigenvalue weighted by Crippen LogP contribution is -2.27. The lowest BCUT2D eigenvalue weighted by molar-refractivity contribution is -0.118. The lowest BCUT2D eigenvalue weighted by atomic mass is 10.1. The summed E-state index contributed by atoms with van der Waals surface area (Å²) in [5.74, 6) is 1.77. The molecule has 0 radical (unpaired) electrons. The number of rotatable bonds is 0. The molecule has 17 heavy (non-hydrogen) atoms. The Morgan fingerprint density at radius 3 is 3.00 bits per heavy atom. The normalized spacial score (nSPS) is 24.2. The molecular formula is C12H11NO2S2. The Labute approximate surface area is 108 Å². The van der Waals surface area contributed by atoms with Crippen LogP contribution in [0.25, 0.3) is 0 Å². The fraction of sp³-hybridized carbons (Fsp3) is 0.333. The van der Waals surface area contributed by atoms with Gasteiger partial charge in [0.15, 0.2) is 5.78 Å². The van der Waals surface area contributed by atoms with Crippen LogP contribution in [-0.4, -0.2) is 23.2 Å². The van der Waals surface area contributed by atoms with Crippen LogP contribution >= 0.6 is 23.5 Å². The first-order valence-corrected chi connectivity index (χ1v) is 7.46. The molecule has 3 rings (SSSR count). The molecule has 88 valence electrons. The van der Waals surface area contributed by atoms with Gasteiger partial charge in [-0.2, -0.15) is 0 Å². The molecular weight excluding hydrogens is 254 g/mol. The molecule has 0 bridgehead atoms. The van der Waals surface area contributed by atoms with E-state index in [0.29, 0.717) is 16.9 Å². The van der Waals surface area contributed by atoms with Gasteiger partial charge in [-0.15, -0.1) is 23.5 Å². The average molecular weight is 265 g/mol. The second-order valence-electron chi connectivity index (χ2n) is 4.05. The van der Waals surface area contributed by atoms with Gasteiger partial charge < -0.3 is 5.32 Å². The first-order valence-electron chi connectivity index (χ1n) is 5.48. The van der Waals surface area contributed by atoms with E-state index in [1.165, 1.54) is 17.3 Å². The number of ketones is 1. The van der Waals surface area contributed by atoms with Crippen molar-refractivity contribution in [2.24, 2.45) is 0 Å². The summed E-state index contributed by atoms with van der Waals surface area (Å²) in [5.41, 5.74) is 1.80. The van der Waals surface area contributed by atoms with Crippen molar-refractivity contribution in [3.05, 3.63) is 33.2 Å². The minimum absolute atomic E-state index is 0.0670. The van der Waals surface area contributed by atoms with Gasteiger partial charge in [0.25, 0.3) is 5.91 Å². The second-order valence-corrected chi connectivity index (χ2v) is 6.14. The van der Waals surface area contributed by atoms with E-state index >= 15 is 0 Å². The molecule has 0 saturated carbocycles. The van der Waals surface area contributed by atoms with Crippen molar-refractivity contribution in [3.8, 4) is 0 Å². The Morgan fingerprint density at radius 2 is 2.12 bits per heavy atom. The molecule has 3 nitrogen and oxygen atoms in total. The van der Waals surface area contributed by atoms with Crippen molar-refractivity contribution in [1.82, 2.24) is 5.32 Å². The monoisotopic (exact) mass is 265 g/mol. The Morgan fingerprint density at radius 1 is 1.24 bits per heavy atom. The van der Waals surface area contributed by atoms with Crippen molar-refractivity contribution < 1.29 is 9.59 Å². The topological polar surface area (TPSA) is 46.2 Å². The van der Waals surface area contributed by atoms with Crippen molar-refractivity contribution in [2.75, 3.05) is 11.5 Å². The average Bonchev–Trinajstić information content (AvgIpc) is 2.72. The number of carbonyl (C=O) groups excluding carboxylic acids is 2. The van der Waals surface area contributed by atoms with E-state index in [1.54, 1.807) is 23.9 Å². The zero-order chi connectivity index (χ0) is 11.8. The Hall–Kier alpha value is -0.940. The molecule has 1 amide bonds. The van der Waals surface area contributed by atoms with Gasteiger partial charge in [0.1, 0.15) is 0 Å². The van der Waals surface area contributed by atoms with Gasteiger partial charge in [0, 0.05) is 17.9 Å². The number of amides is 1. The van der Waals surface area contributed by atoms with Crippen molar-refractivity contribution >= 4 is 35.2 Å². The van der Waals surface area contributed by atoms with Gasteiger partial charge in [0.2, 0.25) is 0 Å². The molecule has 0 saturated heterocycles. The summed E-state index contributed by atoms with van der Waals surface area (Å²) in [5, 5.41) is 3.93. The summed E-state index contributed by atoms with van der Waals surface area (Å²) in [4.78, 5) is 24.5. The van der Waals surface area contributed by atoms with E-state index in [9.17, 15) is 9.59 Å². The third kappa shape index (κ3) is 1.98. The first kappa shape index (κ1) is 11.2. The molecule has 2 heterocycles. The van der Waals surface area contributed by atoms with E-state index in [1.807, 2.05) is 0 Å². The molecule has 3 aliphatic rings. The van der Waals surface area contributed by atoms with Crippen molar-refractivity contribution in [3.63, 3.8) is 0 Å². The van der Waals surface area contributed by atoms with Crippen molar-refractivity contribution in [1.29, 1.82) is 0 Å². The highest BCUT2D eigenvalue weighted by Crippen LogP contribution is 2.37. The number of hydrogen-bond acceptors (Lipinski definition) is 4. The largest absolute Gasteiger partial charge is 0.317 e. The Balaban J connectivity index is 1.97. The molecule has 1 aliphatic carbocycles. The number of nitrogens with one attached hydrogen (secondary N) is 1. The number of carbonyl (C=O) groups is 2. The van der Waals surface area contributed by atoms with Crippen LogP contribution in [0.5, 0.6) is 0 Å². The predicted molar refractivity (Wildman–Crippen MR) is 70.5 cm³/mol. The van der Waals surface area contributed by atoms with Gasteiger partial charge in [-0.1, -0.05) is 12.2 Å². The molecule has 0 spiro atoms. The van der Waals surface area contributed by atoms with Crippen molar-refractivity contribution in [2.45, 2.75) is 12.8 Å². The summed E-state index contributed by atoms with van der Waals surface area (Å²) in [6, 6.07) is 0. The maximum atomic E-state index is 12.1. The maximum absolute atomic E-state index is 12.1. The molecule has 0 aromatic carbocycles. The van der Waals surface area contributed by atoms with Gasteiger partial charge in [-0.3, -0.25) is 9.59 Å². The molecule has 0 atom stereocenters. The smallest absolute Gasteiger partial charge is 0.257 e. The molecule has 0 aromatic rings.